The molecule has 7 aromatic carbocycles. The van der Waals surface area contributed by atoms with E-state index in [1.54, 1.807) is 11.3 Å². The maximum absolute atomic E-state index is 6.43. The van der Waals surface area contributed by atoms with E-state index in [1.165, 1.54) is 0 Å². The van der Waals surface area contributed by atoms with Gasteiger partial charge in [0.25, 0.3) is 0 Å². The Hall–Kier alpha value is -7.55. The molecule has 0 N–H and O–H groups in total. The van der Waals surface area contributed by atoms with Crippen molar-refractivity contribution in [2.24, 2.45) is 0 Å². The molecule has 0 spiro atoms. The fourth-order valence-corrected chi connectivity index (χ4v) is 9.13. The van der Waals surface area contributed by atoms with Gasteiger partial charge in [-0.2, -0.15) is 0 Å². The molecule has 0 aliphatic rings. The molecule has 0 aliphatic carbocycles. The molecule has 12 rings (SSSR count). The second-order valence-corrected chi connectivity index (χ2v) is 15.0. The minimum atomic E-state index is 0.552. The number of thiophene rings is 1. The average Bonchev–Trinajstić information content (AvgIpc) is 3.97. The molecule has 0 radical (unpaired) electrons. The lowest BCUT2D eigenvalue weighted by molar-refractivity contribution is 0.667. The summed E-state index contributed by atoms with van der Waals surface area (Å²) in [6.45, 7) is 0. The zero-order chi connectivity index (χ0) is 37.5. The maximum atomic E-state index is 6.43. The summed E-state index contributed by atoms with van der Waals surface area (Å²) in [7, 11) is 0. The van der Waals surface area contributed by atoms with Crippen molar-refractivity contribution in [3.63, 3.8) is 0 Å². The number of fused-ring (bicyclic) bond motifs is 9. The summed E-state index contributed by atoms with van der Waals surface area (Å²) < 4.78 is 15.0. The molecular weight excluding hydrogens is 723 g/mol. The first kappa shape index (κ1) is 31.8. The normalized spacial score (nSPS) is 11.9. The van der Waals surface area contributed by atoms with Gasteiger partial charge in [0.1, 0.15) is 28.0 Å². The van der Waals surface area contributed by atoms with E-state index in [2.05, 4.69) is 66.7 Å². The molecule has 5 heterocycles. The fourth-order valence-electron chi connectivity index (χ4n) is 7.88. The number of rotatable bonds is 5. The molecular formula is C49H27N5O2S. The number of hydrogen-bond acceptors (Lipinski definition) is 8. The summed E-state index contributed by atoms with van der Waals surface area (Å²) in [6, 6.07) is 55.3. The second-order valence-electron chi connectivity index (χ2n) is 14.0. The molecule has 0 saturated carbocycles. The predicted octanol–water partition coefficient (Wildman–Crippen LogP) is 13.2. The Labute approximate surface area is 328 Å². The summed E-state index contributed by atoms with van der Waals surface area (Å²) in [5.74, 6) is 2.38. The SMILES string of the molecule is c1ccc(-c2nc(-c3ccc4c(c3)sc3c(-c5nc(-c6ccccc6)c6oc7ccccc7c6n5)cccc34)nc(-c3cccc4c3oc3ccccc34)n2)cc1. The van der Waals surface area contributed by atoms with E-state index >= 15 is 0 Å². The second kappa shape index (κ2) is 12.5. The third-order valence-corrected chi connectivity index (χ3v) is 11.8. The Bertz CT molecular complexity index is 3540. The fraction of sp³-hybridized carbons (Fsp3) is 0. The van der Waals surface area contributed by atoms with Crippen LogP contribution in [-0.2, 0) is 0 Å². The van der Waals surface area contributed by atoms with E-state index in [0.717, 1.165) is 92.1 Å². The topological polar surface area (TPSA) is 90.7 Å². The van der Waals surface area contributed by atoms with Gasteiger partial charge in [-0.25, -0.2) is 24.9 Å². The first-order chi connectivity index (χ1) is 28.2. The van der Waals surface area contributed by atoms with E-state index in [0.29, 0.717) is 28.9 Å². The van der Waals surface area contributed by atoms with Gasteiger partial charge >= 0.3 is 0 Å². The number of para-hydroxylation sites is 3. The highest BCUT2D eigenvalue weighted by Gasteiger charge is 2.22. The van der Waals surface area contributed by atoms with E-state index in [1.807, 2.05) is 97.1 Å². The quantitative estimate of drug-likeness (QED) is 0.173. The summed E-state index contributed by atoms with van der Waals surface area (Å²) in [5.41, 5.74) is 9.17. The highest BCUT2D eigenvalue weighted by atomic mass is 32.1. The largest absolute Gasteiger partial charge is 0.455 e. The monoisotopic (exact) mass is 749 g/mol. The van der Waals surface area contributed by atoms with Crippen LogP contribution < -0.4 is 0 Å². The Morgan fingerprint density at radius 2 is 0.965 bits per heavy atom. The summed E-state index contributed by atoms with van der Waals surface area (Å²) in [6.07, 6.45) is 0. The molecule has 0 bridgehead atoms. The van der Waals surface area contributed by atoms with Crippen LogP contribution in [-0.4, -0.2) is 24.9 Å². The van der Waals surface area contributed by atoms with Crippen molar-refractivity contribution >= 4 is 75.5 Å². The highest BCUT2D eigenvalue weighted by molar-refractivity contribution is 7.26. The van der Waals surface area contributed by atoms with Gasteiger partial charge in [-0.3, -0.25) is 0 Å². The number of furan rings is 2. The Morgan fingerprint density at radius 1 is 0.368 bits per heavy atom. The van der Waals surface area contributed by atoms with Crippen LogP contribution in [0.15, 0.2) is 173 Å². The van der Waals surface area contributed by atoms with Gasteiger partial charge in [0, 0.05) is 58.6 Å². The zero-order valence-electron chi connectivity index (χ0n) is 30.0. The minimum Gasteiger partial charge on any atom is -0.455 e. The van der Waals surface area contributed by atoms with Crippen molar-refractivity contribution in [2.75, 3.05) is 0 Å². The zero-order valence-corrected chi connectivity index (χ0v) is 30.9. The van der Waals surface area contributed by atoms with Gasteiger partial charge in [0.15, 0.2) is 28.9 Å². The molecule has 12 aromatic rings. The van der Waals surface area contributed by atoms with Gasteiger partial charge in [-0.1, -0.05) is 127 Å². The lowest BCUT2D eigenvalue weighted by Crippen LogP contribution is -2.00. The van der Waals surface area contributed by atoms with Crippen molar-refractivity contribution in [3.05, 3.63) is 164 Å². The Kier molecular flexibility index (Phi) is 6.96. The standard InChI is InChI=1S/C49H27N5O2S/c1-3-13-28(14-4-1)41-44-42(35-18-8-10-24-39(35)56-44)51-49(50-41)37-22-12-20-34-32-26-25-30(27-40(32)57-45(34)37)47-52-46(29-15-5-2-6-16-29)53-48(54-47)36-21-11-19-33-31-17-7-9-23-38(31)55-43(33)36/h1-27H. The number of nitrogens with zero attached hydrogens (tertiary/aromatic N) is 5. The third kappa shape index (κ3) is 5.08. The molecule has 0 unspecified atom stereocenters. The van der Waals surface area contributed by atoms with Gasteiger partial charge in [0.05, 0.1) is 5.56 Å². The van der Waals surface area contributed by atoms with Gasteiger partial charge in [-0.15, -0.1) is 11.3 Å². The molecule has 0 amide bonds. The molecule has 57 heavy (non-hydrogen) atoms. The minimum absolute atomic E-state index is 0.552. The van der Waals surface area contributed by atoms with Crippen molar-refractivity contribution in [3.8, 4) is 56.8 Å². The number of aromatic nitrogens is 5. The molecule has 0 saturated heterocycles. The molecule has 0 atom stereocenters. The van der Waals surface area contributed by atoms with Crippen LogP contribution in [0.4, 0.5) is 0 Å². The smallest absolute Gasteiger partial charge is 0.180 e. The number of hydrogen-bond donors (Lipinski definition) is 0. The molecule has 0 aliphatic heterocycles. The van der Waals surface area contributed by atoms with Crippen LogP contribution in [0.1, 0.15) is 0 Å². The van der Waals surface area contributed by atoms with Crippen LogP contribution in [0.25, 0.3) is 121 Å². The van der Waals surface area contributed by atoms with E-state index in [4.69, 9.17) is 33.8 Å². The molecule has 7 nitrogen and oxygen atoms in total. The van der Waals surface area contributed by atoms with Gasteiger partial charge in [-0.05, 0) is 36.4 Å². The lowest BCUT2D eigenvalue weighted by atomic mass is 10.1. The summed E-state index contributed by atoms with van der Waals surface area (Å²) in [5, 5.41) is 5.32. The van der Waals surface area contributed by atoms with E-state index < -0.39 is 0 Å². The number of benzene rings is 7. The van der Waals surface area contributed by atoms with Gasteiger partial charge < -0.3 is 8.83 Å². The summed E-state index contributed by atoms with van der Waals surface area (Å²) in [4.78, 5) is 25.6. The highest BCUT2D eigenvalue weighted by Crippen LogP contribution is 2.43. The van der Waals surface area contributed by atoms with Crippen molar-refractivity contribution in [2.45, 2.75) is 0 Å². The molecule has 5 aromatic heterocycles. The van der Waals surface area contributed by atoms with Gasteiger partial charge in [0.2, 0.25) is 0 Å². The van der Waals surface area contributed by atoms with Crippen LogP contribution in [0.3, 0.4) is 0 Å². The Morgan fingerprint density at radius 3 is 1.77 bits per heavy atom. The van der Waals surface area contributed by atoms with Crippen molar-refractivity contribution < 1.29 is 8.83 Å². The van der Waals surface area contributed by atoms with Crippen LogP contribution >= 0.6 is 11.3 Å². The maximum Gasteiger partial charge on any atom is 0.180 e. The third-order valence-electron chi connectivity index (χ3n) is 10.6. The van der Waals surface area contributed by atoms with Crippen LogP contribution in [0.5, 0.6) is 0 Å². The van der Waals surface area contributed by atoms with Crippen LogP contribution in [0, 0.1) is 0 Å². The van der Waals surface area contributed by atoms with E-state index in [9.17, 15) is 0 Å². The predicted molar refractivity (Wildman–Crippen MR) is 230 cm³/mol. The Balaban J connectivity index is 1.04. The molecule has 0 fully saturated rings. The molecule has 266 valence electrons. The first-order valence-corrected chi connectivity index (χ1v) is 19.5. The molecule has 8 heteroatoms. The van der Waals surface area contributed by atoms with Crippen molar-refractivity contribution in [1.82, 2.24) is 24.9 Å². The average molecular weight is 750 g/mol. The lowest BCUT2D eigenvalue weighted by Gasteiger charge is -2.09. The van der Waals surface area contributed by atoms with Crippen LogP contribution in [0.2, 0.25) is 0 Å². The first-order valence-electron chi connectivity index (χ1n) is 18.7. The summed E-state index contributed by atoms with van der Waals surface area (Å²) >= 11 is 1.72. The van der Waals surface area contributed by atoms with E-state index in [-0.39, 0.29) is 0 Å². The van der Waals surface area contributed by atoms with Crippen molar-refractivity contribution in [1.29, 1.82) is 0 Å².